The van der Waals surface area contributed by atoms with Crippen LogP contribution in [0.1, 0.15) is 29.8 Å². The average Bonchev–Trinajstić information content (AvgIpc) is 2.73. The van der Waals surface area contributed by atoms with Crippen LogP contribution < -0.4 is 9.62 Å². The van der Waals surface area contributed by atoms with Crippen molar-refractivity contribution in [1.82, 2.24) is 0 Å². The second-order valence-electron chi connectivity index (χ2n) is 7.14. The molecule has 2 aromatic carbocycles. The van der Waals surface area contributed by atoms with Crippen LogP contribution in [0.4, 0.5) is 11.4 Å². The molecule has 6 nitrogen and oxygen atoms in total. The minimum atomic E-state index is -3.81. The number of amides is 2. The van der Waals surface area contributed by atoms with E-state index in [1.54, 1.807) is 26.0 Å². The molecule has 1 heterocycles. The number of sulfonamides is 1. The minimum absolute atomic E-state index is 0.0881. The standard InChI is InChI=1S/C19H19ClN2O4S/c1-12-6-4-5-7-16(12)21-17(23)14-10-13(8-9-15(14)20)22-18(24)19(2,3)11-27(22,25)26/h4-10H,11H2,1-3H3,(H,21,23). The molecule has 2 amide bonds. The topological polar surface area (TPSA) is 83.6 Å². The normalized spacial score (nSPS) is 17.8. The van der Waals surface area contributed by atoms with Crippen LogP contribution >= 0.6 is 11.6 Å². The summed E-state index contributed by atoms with van der Waals surface area (Å²) in [6, 6.07) is 11.4. The molecule has 0 spiro atoms. The van der Waals surface area contributed by atoms with E-state index in [9.17, 15) is 18.0 Å². The zero-order valence-electron chi connectivity index (χ0n) is 15.1. The third-order valence-electron chi connectivity index (χ3n) is 4.41. The van der Waals surface area contributed by atoms with Crippen molar-refractivity contribution in [2.45, 2.75) is 20.8 Å². The van der Waals surface area contributed by atoms with Crippen molar-refractivity contribution >= 4 is 44.8 Å². The van der Waals surface area contributed by atoms with E-state index in [0.29, 0.717) is 5.69 Å². The lowest BCUT2D eigenvalue weighted by molar-refractivity contribution is -0.123. The number of hydrogen-bond donors (Lipinski definition) is 1. The van der Waals surface area contributed by atoms with Gasteiger partial charge >= 0.3 is 0 Å². The molecule has 0 radical (unpaired) electrons. The van der Waals surface area contributed by atoms with E-state index >= 15 is 0 Å². The molecule has 0 aromatic heterocycles. The molecule has 1 aliphatic rings. The largest absolute Gasteiger partial charge is 0.322 e. The summed E-state index contributed by atoms with van der Waals surface area (Å²) in [5.74, 6) is -1.30. The van der Waals surface area contributed by atoms with E-state index in [1.807, 2.05) is 19.1 Å². The van der Waals surface area contributed by atoms with Gasteiger partial charge in [-0.3, -0.25) is 9.59 Å². The number of nitrogens with one attached hydrogen (secondary N) is 1. The predicted octanol–water partition coefficient (Wildman–Crippen LogP) is 3.60. The molecule has 0 atom stereocenters. The average molecular weight is 407 g/mol. The van der Waals surface area contributed by atoms with Crippen molar-refractivity contribution < 1.29 is 18.0 Å². The van der Waals surface area contributed by atoms with Crippen LogP contribution in [0.2, 0.25) is 5.02 Å². The van der Waals surface area contributed by atoms with Gasteiger partial charge in [0.05, 0.1) is 27.4 Å². The number of carbonyl (C=O) groups is 2. The highest BCUT2D eigenvalue weighted by Gasteiger charge is 2.50. The van der Waals surface area contributed by atoms with E-state index in [2.05, 4.69) is 5.32 Å². The zero-order chi connectivity index (χ0) is 20.0. The van der Waals surface area contributed by atoms with Gasteiger partial charge in [0, 0.05) is 5.69 Å². The van der Waals surface area contributed by atoms with Crippen LogP contribution in [0.3, 0.4) is 0 Å². The Hall–Kier alpha value is -2.38. The molecule has 8 heteroatoms. The van der Waals surface area contributed by atoms with E-state index < -0.39 is 27.3 Å². The molecular formula is C19H19ClN2O4S. The Labute approximate surface area is 163 Å². The lowest BCUT2D eigenvalue weighted by atomic mass is 9.95. The zero-order valence-corrected chi connectivity index (χ0v) is 16.7. The highest BCUT2D eigenvalue weighted by atomic mass is 35.5. The molecular weight excluding hydrogens is 388 g/mol. The molecule has 27 heavy (non-hydrogen) atoms. The van der Waals surface area contributed by atoms with E-state index in [4.69, 9.17) is 11.6 Å². The highest BCUT2D eigenvalue weighted by molar-refractivity contribution is 7.94. The van der Waals surface area contributed by atoms with E-state index in [1.165, 1.54) is 18.2 Å². The van der Waals surface area contributed by atoms with Gasteiger partial charge in [0.1, 0.15) is 0 Å². The molecule has 142 valence electrons. The monoisotopic (exact) mass is 406 g/mol. The minimum Gasteiger partial charge on any atom is -0.322 e. The number of para-hydroxylation sites is 1. The van der Waals surface area contributed by atoms with Crippen molar-refractivity contribution in [2.75, 3.05) is 15.4 Å². The van der Waals surface area contributed by atoms with Crippen LogP contribution in [0.5, 0.6) is 0 Å². The van der Waals surface area contributed by atoms with Crippen molar-refractivity contribution in [1.29, 1.82) is 0 Å². The summed E-state index contributed by atoms with van der Waals surface area (Å²) < 4.78 is 25.7. The maximum atomic E-state index is 12.7. The van der Waals surface area contributed by atoms with Crippen LogP contribution in [-0.2, 0) is 14.8 Å². The highest BCUT2D eigenvalue weighted by Crippen LogP contribution is 2.37. The van der Waals surface area contributed by atoms with Crippen LogP contribution in [0.15, 0.2) is 42.5 Å². The number of benzene rings is 2. The number of aryl methyl sites for hydroxylation is 1. The fraction of sp³-hybridized carbons (Fsp3) is 0.263. The smallest absolute Gasteiger partial charge is 0.257 e. The first kappa shape index (κ1) is 19.4. The third kappa shape index (κ3) is 3.57. The van der Waals surface area contributed by atoms with E-state index in [0.717, 1.165) is 9.87 Å². The second-order valence-corrected chi connectivity index (χ2v) is 9.37. The lowest BCUT2D eigenvalue weighted by Gasteiger charge is -2.18. The molecule has 0 saturated carbocycles. The molecule has 1 saturated heterocycles. The Kier molecular flexibility index (Phi) is 4.78. The first-order valence-corrected chi connectivity index (χ1v) is 10.3. The van der Waals surface area contributed by atoms with Crippen molar-refractivity contribution in [2.24, 2.45) is 5.41 Å². The molecule has 1 N–H and O–H groups in total. The summed E-state index contributed by atoms with van der Waals surface area (Å²) in [5.41, 5.74) is 0.657. The van der Waals surface area contributed by atoms with Gasteiger partial charge in [-0.05, 0) is 50.6 Å². The van der Waals surface area contributed by atoms with Gasteiger partial charge in [-0.15, -0.1) is 0 Å². The Morgan fingerprint density at radius 1 is 1.19 bits per heavy atom. The number of halogens is 1. The first-order valence-electron chi connectivity index (χ1n) is 8.27. The van der Waals surface area contributed by atoms with Gasteiger partial charge in [0.25, 0.3) is 5.91 Å². The Bertz CT molecular complexity index is 1050. The summed E-state index contributed by atoms with van der Waals surface area (Å²) in [5, 5.41) is 2.92. The first-order chi connectivity index (χ1) is 12.5. The number of anilines is 2. The Morgan fingerprint density at radius 3 is 2.44 bits per heavy atom. The number of carbonyl (C=O) groups excluding carboxylic acids is 2. The van der Waals surface area contributed by atoms with Crippen molar-refractivity contribution in [3.8, 4) is 0 Å². The van der Waals surface area contributed by atoms with E-state index in [-0.39, 0.29) is 22.0 Å². The van der Waals surface area contributed by atoms with Gasteiger partial charge in [-0.2, -0.15) is 0 Å². The summed E-state index contributed by atoms with van der Waals surface area (Å²) in [6.07, 6.45) is 0. The molecule has 1 fully saturated rings. The molecule has 2 aromatic rings. The maximum absolute atomic E-state index is 12.7. The number of hydrogen-bond acceptors (Lipinski definition) is 4. The van der Waals surface area contributed by atoms with Gasteiger partial charge in [-0.25, -0.2) is 12.7 Å². The predicted molar refractivity (Wildman–Crippen MR) is 106 cm³/mol. The maximum Gasteiger partial charge on any atom is 0.257 e. The second kappa shape index (κ2) is 6.65. The summed E-state index contributed by atoms with van der Waals surface area (Å²) in [4.78, 5) is 25.2. The van der Waals surface area contributed by atoms with Crippen LogP contribution in [0.25, 0.3) is 0 Å². The summed E-state index contributed by atoms with van der Waals surface area (Å²) in [7, 11) is -3.81. The lowest BCUT2D eigenvalue weighted by Crippen LogP contribution is -2.33. The molecule has 0 bridgehead atoms. The number of nitrogens with zero attached hydrogens (tertiary/aromatic N) is 1. The van der Waals surface area contributed by atoms with Crippen LogP contribution in [0, 0.1) is 12.3 Å². The molecule has 0 unspecified atom stereocenters. The van der Waals surface area contributed by atoms with Crippen LogP contribution in [-0.4, -0.2) is 26.0 Å². The van der Waals surface area contributed by atoms with Gasteiger partial charge in [0.15, 0.2) is 0 Å². The Balaban J connectivity index is 1.99. The van der Waals surface area contributed by atoms with Gasteiger partial charge < -0.3 is 5.32 Å². The summed E-state index contributed by atoms with van der Waals surface area (Å²) in [6.45, 7) is 5.01. The van der Waals surface area contributed by atoms with Crippen molar-refractivity contribution in [3.05, 3.63) is 58.6 Å². The van der Waals surface area contributed by atoms with Crippen molar-refractivity contribution in [3.63, 3.8) is 0 Å². The van der Waals surface area contributed by atoms with Gasteiger partial charge in [-0.1, -0.05) is 29.8 Å². The molecule has 0 aliphatic carbocycles. The molecule has 1 aliphatic heterocycles. The molecule has 3 rings (SSSR count). The Morgan fingerprint density at radius 2 is 1.85 bits per heavy atom. The quantitative estimate of drug-likeness (QED) is 0.844. The van der Waals surface area contributed by atoms with Gasteiger partial charge in [0.2, 0.25) is 15.9 Å². The SMILES string of the molecule is Cc1ccccc1NC(=O)c1cc(N2C(=O)C(C)(C)CS2(=O)=O)ccc1Cl. The third-order valence-corrected chi connectivity index (χ3v) is 6.76. The fourth-order valence-corrected chi connectivity index (χ4v) is 5.28. The summed E-state index contributed by atoms with van der Waals surface area (Å²) >= 11 is 6.15. The fourth-order valence-electron chi connectivity index (χ4n) is 2.98. The number of rotatable bonds is 3.